The summed E-state index contributed by atoms with van der Waals surface area (Å²) in [5, 5.41) is 10.2. The highest BCUT2D eigenvalue weighted by Crippen LogP contribution is 2.47. The van der Waals surface area contributed by atoms with E-state index < -0.39 is 44.1 Å². The Morgan fingerprint density at radius 2 is 2.19 bits per heavy atom. The molecule has 4 rings (SSSR count). The lowest BCUT2D eigenvalue weighted by atomic mass is 10.2. The Bertz CT molecular complexity index is 949. The molecule has 4 atom stereocenters. The van der Waals surface area contributed by atoms with E-state index in [0.29, 0.717) is 12.4 Å². The van der Waals surface area contributed by atoms with Crippen molar-refractivity contribution >= 4 is 8.60 Å². The molecule has 4 unspecified atom stereocenters. The zero-order valence-electron chi connectivity index (χ0n) is 13.9. The number of ether oxygens (including phenoxy) is 1. The van der Waals surface area contributed by atoms with E-state index in [1.807, 2.05) is 29.2 Å². The van der Waals surface area contributed by atoms with E-state index in [0.717, 1.165) is 16.3 Å². The minimum atomic E-state index is -1.64. The number of nitrogens with one attached hydrogen (secondary N) is 1. The SMILES string of the molecule is O=c1[nH]c(=O)n(C2CC(O)C(COP3OCc4ccccc4O3)O2)cc1F. The van der Waals surface area contributed by atoms with Crippen molar-refractivity contribution in [3.05, 3.63) is 62.7 Å². The number of aromatic amines is 1. The fourth-order valence-electron chi connectivity index (χ4n) is 2.85. The number of rotatable bonds is 4. The first-order chi connectivity index (χ1) is 13.0. The number of H-pyrrole nitrogens is 1. The molecule has 1 aromatic carbocycles. The van der Waals surface area contributed by atoms with Crippen LogP contribution in [0.2, 0.25) is 0 Å². The highest BCUT2D eigenvalue weighted by molar-refractivity contribution is 7.42. The van der Waals surface area contributed by atoms with Crippen LogP contribution in [0.15, 0.2) is 40.1 Å². The van der Waals surface area contributed by atoms with Crippen LogP contribution in [0.5, 0.6) is 5.75 Å². The molecule has 11 heteroatoms. The minimum absolute atomic E-state index is 0.0356. The van der Waals surface area contributed by atoms with E-state index in [-0.39, 0.29) is 13.0 Å². The van der Waals surface area contributed by atoms with Gasteiger partial charge in [-0.15, -0.1) is 0 Å². The molecule has 0 spiro atoms. The summed E-state index contributed by atoms with van der Waals surface area (Å²) in [5.41, 5.74) is -1.01. The molecule has 1 fully saturated rings. The van der Waals surface area contributed by atoms with Crippen LogP contribution in [0.4, 0.5) is 4.39 Å². The topological polar surface area (TPSA) is 112 Å². The molecule has 1 aromatic heterocycles. The van der Waals surface area contributed by atoms with Crippen molar-refractivity contribution in [3.8, 4) is 5.75 Å². The van der Waals surface area contributed by atoms with Crippen LogP contribution in [0.3, 0.4) is 0 Å². The summed E-state index contributed by atoms with van der Waals surface area (Å²) in [7, 11) is -1.64. The van der Waals surface area contributed by atoms with Crippen molar-refractivity contribution in [1.82, 2.24) is 9.55 Å². The van der Waals surface area contributed by atoms with Crippen molar-refractivity contribution in [2.45, 2.75) is 31.5 Å². The highest BCUT2D eigenvalue weighted by Gasteiger charge is 2.37. The summed E-state index contributed by atoms with van der Waals surface area (Å²) in [6.45, 7) is 0.316. The van der Waals surface area contributed by atoms with E-state index in [1.54, 1.807) is 0 Å². The maximum Gasteiger partial charge on any atom is 0.397 e. The summed E-state index contributed by atoms with van der Waals surface area (Å²) in [6, 6.07) is 7.42. The standard InChI is InChI=1S/C16H16FN2O7P/c17-10-6-19(16(22)18-15(10)21)14-5-11(20)13(25-14)8-24-27-23-7-9-3-1-2-4-12(9)26-27/h1-4,6,11,13-14,20H,5,7-8H2,(H,18,21,22). The second kappa shape index (κ2) is 7.49. The van der Waals surface area contributed by atoms with Gasteiger partial charge in [-0.1, -0.05) is 18.2 Å². The molecule has 1 saturated heterocycles. The lowest BCUT2D eigenvalue weighted by Crippen LogP contribution is -2.34. The number of hydrogen-bond donors (Lipinski definition) is 2. The molecular weight excluding hydrogens is 382 g/mol. The number of benzene rings is 1. The van der Waals surface area contributed by atoms with E-state index in [9.17, 15) is 19.1 Å². The van der Waals surface area contributed by atoms with Crippen LogP contribution < -0.4 is 15.8 Å². The third-order valence-corrected chi connectivity index (χ3v) is 5.30. The van der Waals surface area contributed by atoms with Crippen LogP contribution in [-0.4, -0.2) is 33.5 Å². The number of aliphatic hydroxyl groups is 1. The van der Waals surface area contributed by atoms with Crippen molar-refractivity contribution < 1.29 is 27.8 Å². The van der Waals surface area contributed by atoms with Gasteiger partial charge >= 0.3 is 14.3 Å². The zero-order valence-corrected chi connectivity index (χ0v) is 14.8. The van der Waals surface area contributed by atoms with E-state index >= 15 is 0 Å². The van der Waals surface area contributed by atoms with Gasteiger partial charge in [-0.05, 0) is 6.07 Å². The first kappa shape index (κ1) is 18.3. The van der Waals surface area contributed by atoms with Crippen LogP contribution >= 0.6 is 8.60 Å². The molecule has 2 N–H and O–H groups in total. The summed E-state index contributed by atoms with van der Waals surface area (Å²) in [4.78, 5) is 24.8. The monoisotopic (exact) mass is 398 g/mol. The second-order valence-electron chi connectivity index (χ2n) is 6.07. The number of hydrogen-bond acceptors (Lipinski definition) is 7. The molecule has 2 aliphatic rings. The van der Waals surface area contributed by atoms with Crippen LogP contribution in [-0.2, 0) is 20.4 Å². The number of halogens is 1. The molecule has 2 aliphatic heterocycles. The minimum Gasteiger partial charge on any atom is -0.426 e. The molecule has 0 aliphatic carbocycles. The van der Waals surface area contributed by atoms with Gasteiger partial charge in [-0.3, -0.25) is 23.4 Å². The molecule has 3 heterocycles. The molecule has 0 saturated carbocycles. The van der Waals surface area contributed by atoms with Crippen molar-refractivity contribution in [1.29, 1.82) is 0 Å². The Balaban J connectivity index is 1.38. The molecule has 144 valence electrons. The van der Waals surface area contributed by atoms with Crippen molar-refractivity contribution in [3.63, 3.8) is 0 Å². The van der Waals surface area contributed by atoms with Gasteiger partial charge in [0.1, 0.15) is 18.1 Å². The molecule has 0 bridgehead atoms. The first-order valence-corrected chi connectivity index (χ1v) is 9.27. The first-order valence-electron chi connectivity index (χ1n) is 8.17. The van der Waals surface area contributed by atoms with Crippen LogP contribution in [0.1, 0.15) is 18.2 Å². The highest BCUT2D eigenvalue weighted by atomic mass is 31.2. The summed E-state index contributed by atoms with van der Waals surface area (Å²) in [5.74, 6) is -0.436. The van der Waals surface area contributed by atoms with Gasteiger partial charge in [0.15, 0.2) is 0 Å². The Morgan fingerprint density at radius 1 is 1.37 bits per heavy atom. The fourth-order valence-corrected chi connectivity index (χ4v) is 3.88. The van der Waals surface area contributed by atoms with Crippen LogP contribution in [0, 0.1) is 5.82 Å². The summed E-state index contributed by atoms with van der Waals surface area (Å²) in [6.07, 6.45) is -1.82. The van der Waals surface area contributed by atoms with Crippen molar-refractivity contribution in [2.24, 2.45) is 0 Å². The predicted molar refractivity (Wildman–Crippen MR) is 90.5 cm³/mol. The number of nitrogens with zero attached hydrogens (tertiary/aromatic N) is 1. The van der Waals surface area contributed by atoms with Gasteiger partial charge in [-0.2, -0.15) is 4.39 Å². The summed E-state index contributed by atoms with van der Waals surface area (Å²) < 4.78 is 36.6. The maximum atomic E-state index is 13.4. The third-order valence-electron chi connectivity index (χ3n) is 4.25. The molecule has 0 amide bonds. The number of aromatic nitrogens is 2. The van der Waals surface area contributed by atoms with Crippen molar-refractivity contribution in [2.75, 3.05) is 6.61 Å². The maximum absolute atomic E-state index is 13.4. The number of para-hydroxylation sites is 1. The smallest absolute Gasteiger partial charge is 0.397 e. The Hall–Kier alpha value is -2.10. The van der Waals surface area contributed by atoms with Gasteiger partial charge in [0.25, 0.3) is 5.56 Å². The van der Waals surface area contributed by atoms with Gasteiger partial charge in [0.05, 0.1) is 25.5 Å². The fraction of sp³-hybridized carbons (Fsp3) is 0.375. The second-order valence-corrected chi connectivity index (χ2v) is 7.21. The Morgan fingerprint density at radius 3 is 3.04 bits per heavy atom. The molecule has 27 heavy (non-hydrogen) atoms. The Kier molecular flexibility index (Phi) is 5.07. The lowest BCUT2D eigenvalue weighted by Gasteiger charge is -2.25. The Labute approximate surface area is 153 Å². The normalized spacial score (nSPS) is 27.2. The average molecular weight is 398 g/mol. The molecule has 9 nitrogen and oxygen atoms in total. The number of fused-ring (bicyclic) bond motifs is 1. The molecular formula is C16H16FN2O7P. The van der Waals surface area contributed by atoms with Gasteiger partial charge < -0.3 is 14.4 Å². The third kappa shape index (κ3) is 3.80. The molecule has 2 aromatic rings. The summed E-state index contributed by atoms with van der Waals surface area (Å²) >= 11 is 0. The van der Waals surface area contributed by atoms with Gasteiger partial charge in [0.2, 0.25) is 5.82 Å². The molecule has 0 radical (unpaired) electrons. The van der Waals surface area contributed by atoms with E-state index in [2.05, 4.69) is 0 Å². The van der Waals surface area contributed by atoms with Gasteiger partial charge in [0, 0.05) is 12.0 Å². The predicted octanol–water partition coefficient (Wildman–Crippen LogP) is 1.18. The van der Waals surface area contributed by atoms with E-state index in [4.69, 9.17) is 18.3 Å². The zero-order chi connectivity index (χ0) is 19.0. The lowest BCUT2D eigenvalue weighted by molar-refractivity contribution is -0.0439. The quantitative estimate of drug-likeness (QED) is 0.744. The number of aliphatic hydroxyl groups excluding tert-OH is 1. The average Bonchev–Trinajstić information content (AvgIpc) is 3.03. The van der Waals surface area contributed by atoms with Gasteiger partial charge in [-0.25, -0.2) is 4.79 Å². The van der Waals surface area contributed by atoms with E-state index in [1.165, 1.54) is 0 Å². The largest absolute Gasteiger partial charge is 0.426 e. The van der Waals surface area contributed by atoms with Crippen LogP contribution in [0.25, 0.3) is 0 Å².